The smallest absolute Gasteiger partial charge is 0.293 e. The van der Waals surface area contributed by atoms with Gasteiger partial charge in [0.2, 0.25) is 0 Å². The first-order valence-electron chi connectivity index (χ1n) is 5.42. The van der Waals surface area contributed by atoms with E-state index in [1.165, 1.54) is 7.05 Å². The summed E-state index contributed by atoms with van der Waals surface area (Å²) in [6.07, 6.45) is 1.67. The highest BCUT2D eigenvalue weighted by molar-refractivity contribution is 8.18. The quantitative estimate of drug-likeness (QED) is 0.791. The number of carbonyl (C=O) groups excluding carboxylic acids is 2. The van der Waals surface area contributed by atoms with Crippen LogP contribution in [0.4, 0.5) is 4.79 Å². The topological polar surface area (TPSA) is 57.6 Å². The molecule has 5 heteroatoms. The van der Waals surface area contributed by atoms with Gasteiger partial charge in [0.25, 0.3) is 11.1 Å². The predicted octanol–water partition coefficient (Wildman–Crippen LogP) is 2.68. The number of thioether (sulfide) groups is 1. The Morgan fingerprint density at radius 2 is 1.78 bits per heavy atom. The van der Waals surface area contributed by atoms with Crippen molar-refractivity contribution in [2.24, 2.45) is 0 Å². The lowest BCUT2D eigenvalue weighted by Gasteiger charge is -2.05. The number of rotatable bonds is 1. The van der Waals surface area contributed by atoms with Crippen LogP contribution >= 0.6 is 11.8 Å². The summed E-state index contributed by atoms with van der Waals surface area (Å²) in [5.74, 6) is -0.0240. The highest BCUT2D eigenvalue weighted by Gasteiger charge is 2.31. The van der Waals surface area contributed by atoms with Crippen LogP contribution in [-0.2, 0) is 4.79 Å². The van der Waals surface area contributed by atoms with Gasteiger partial charge in [0.15, 0.2) is 0 Å². The summed E-state index contributed by atoms with van der Waals surface area (Å²) in [6, 6.07) is 3.57. The SMILES string of the molecule is Cc1cc(/C=C2/SC(=O)N(C)C2=O)cc(C)c1O. The van der Waals surface area contributed by atoms with Crippen molar-refractivity contribution in [1.29, 1.82) is 0 Å². The van der Waals surface area contributed by atoms with Crippen LogP contribution in [0.2, 0.25) is 0 Å². The molecule has 0 bridgehead atoms. The van der Waals surface area contributed by atoms with Gasteiger partial charge in [0.1, 0.15) is 5.75 Å². The van der Waals surface area contributed by atoms with Crippen LogP contribution in [0.1, 0.15) is 16.7 Å². The molecule has 1 aliphatic rings. The van der Waals surface area contributed by atoms with E-state index in [0.717, 1.165) is 33.4 Å². The maximum absolute atomic E-state index is 11.7. The Morgan fingerprint density at radius 1 is 1.22 bits per heavy atom. The van der Waals surface area contributed by atoms with Crippen molar-refractivity contribution in [1.82, 2.24) is 4.90 Å². The fraction of sp³-hybridized carbons (Fsp3) is 0.231. The van der Waals surface area contributed by atoms with Crippen LogP contribution in [0, 0.1) is 13.8 Å². The second-order valence-corrected chi connectivity index (χ2v) is 5.24. The highest BCUT2D eigenvalue weighted by atomic mass is 32.2. The van der Waals surface area contributed by atoms with E-state index < -0.39 is 0 Å². The van der Waals surface area contributed by atoms with Crippen molar-refractivity contribution < 1.29 is 14.7 Å². The first kappa shape index (κ1) is 12.7. The first-order chi connectivity index (χ1) is 8.40. The summed E-state index contributed by atoms with van der Waals surface area (Å²) in [6.45, 7) is 3.59. The Hall–Kier alpha value is -1.75. The Kier molecular flexibility index (Phi) is 3.17. The number of benzene rings is 1. The van der Waals surface area contributed by atoms with Crippen LogP contribution < -0.4 is 0 Å². The van der Waals surface area contributed by atoms with Gasteiger partial charge >= 0.3 is 0 Å². The standard InChI is InChI=1S/C13H13NO3S/c1-7-4-9(5-8(2)11(7)15)6-10-12(16)14(3)13(17)18-10/h4-6,15H,1-3H3/b10-6+. The minimum atomic E-state index is -0.284. The van der Waals surface area contributed by atoms with Gasteiger partial charge in [-0.2, -0.15) is 0 Å². The molecule has 0 radical (unpaired) electrons. The molecule has 1 aliphatic heterocycles. The summed E-state index contributed by atoms with van der Waals surface area (Å²) in [4.78, 5) is 24.6. The third kappa shape index (κ3) is 2.13. The van der Waals surface area contributed by atoms with Crippen LogP contribution in [0.25, 0.3) is 6.08 Å². The second-order valence-electron chi connectivity index (χ2n) is 4.24. The molecule has 0 aromatic heterocycles. The number of hydrogen-bond donors (Lipinski definition) is 1. The lowest BCUT2D eigenvalue weighted by atomic mass is 10.1. The van der Waals surface area contributed by atoms with E-state index in [2.05, 4.69) is 0 Å². The molecular formula is C13H13NO3S. The van der Waals surface area contributed by atoms with E-state index in [0.29, 0.717) is 4.91 Å². The number of carbonyl (C=O) groups is 2. The molecule has 1 fully saturated rings. The van der Waals surface area contributed by atoms with Crippen molar-refractivity contribution in [2.75, 3.05) is 7.05 Å². The summed E-state index contributed by atoms with van der Waals surface area (Å²) in [7, 11) is 1.46. The summed E-state index contributed by atoms with van der Waals surface area (Å²) in [5.41, 5.74) is 2.30. The molecule has 1 N–H and O–H groups in total. The second kappa shape index (κ2) is 4.49. The molecule has 4 nitrogen and oxygen atoms in total. The molecule has 0 unspecified atom stereocenters. The largest absolute Gasteiger partial charge is 0.507 e. The van der Waals surface area contributed by atoms with Crippen LogP contribution in [0.3, 0.4) is 0 Å². The number of nitrogens with zero attached hydrogens (tertiary/aromatic N) is 1. The Bertz CT molecular complexity index is 555. The lowest BCUT2D eigenvalue weighted by molar-refractivity contribution is -0.121. The zero-order valence-corrected chi connectivity index (χ0v) is 11.2. The fourth-order valence-corrected chi connectivity index (χ4v) is 2.60. The zero-order chi connectivity index (χ0) is 13.4. The molecule has 0 saturated carbocycles. The van der Waals surface area contributed by atoms with E-state index >= 15 is 0 Å². The van der Waals surface area contributed by atoms with Crippen molar-refractivity contribution in [3.8, 4) is 5.75 Å². The van der Waals surface area contributed by atoms with Gasteiger partial charge in [0.05, 0.1) is 4.91 Å². The lowest BCUT2D eigenvalue weighted by Crippen LogP contribution is -2.22. The van der Waals surface area contributed by atoms with E-state index in [9.17, 15) is 14.7 Å². The van der Waals surface area contributed by atoms with Crippen molar-refractivity contribution in [3.05, 3.63) is 33.7 Å². The van der Waals surface area contributed by atoms with Crippen molar-refractivity contribution in [2.45, 2.75) is 13.8 Å². The van der Waals surface area contributed by atoms with Gasteiger partial charge in [-0.15, -0.1) is 0 Å². The average molecular weight is 263 g/mol. The number of likely N-dealkylation sites (N-methyl/N-ethyl adjacent to an activating group) is 1. The molecule has 1 saturated heterocycles. The van der Waals surface area contributed by atoms with Crippen LogP contribution in [-0.4, -0.2) is 28.2 Å². The van der Waals surface area contributed by atoms with Gasteiger partial charge in [-0.25, -0.2) is 0 Å². The number of phenolic OH excluding ortho intramolecular Hbond substituents is 1. The number of aromatic hydroxyl groups is 1. The zero-order valence-electron chi connectivity index (χ0n) is 10.4. The van der Waals surface area contributed by atoms with Gasteiger partial charge in [-0.05, 0) is 60.5 Å². The fourth-order valence-electron chi connectivity index (χ4n) is 1.77. The number of hydrogen-bond acceptors (Lipinski definition) is 4. The molecular weight excluding hydrogens is 250 g/mol. The number of aryl methyl sites for hydroxylation is 2. The highest BCUT2D eigenvalue weighted by Crippen LogP contribution is 2.32. The molecule has 2 rings (SSSR count). The van der Waals surface area contributed by atoms with Crippen molar-refractivity contribution >= 4 is 29.0 Å². The molecule has 0 aliphatic carbocycles. The molecule has 1 aromatic rings. The summed E-state index contributed by atoms with van der Waals surface area (Å²) < 4.78 is 0. The number of imide groups is 1. The maximum Gasteiger partial charge on any atom is 0.293 e. The Balaban J connectivity index is 2.40. The maximum atomic E-state index is 11.7. The molecule has 1 aromatic carbocycles. The predicted molar refractivity (Wildman–Crippen MR) is 71.3 cm³/mol. The number of phenols is 1. The third-order valence-corrected chi connectivity index (χ3v) is 3.76. The number of amides is 2. The van der Waals surface area contributed by atoms with E-state index in [4.69, 9.17) is 0 Å². The van der Waals surface area contributed by atoms with Crippen LogP contribution in [0.5, 0.6) is 5.75 Å². The molecule has 94 valence electrons. The van der Waals surface area contributed by atoms with Crippen molar-refractivity contribution in [3.63, 3.8) is 0 Å². The van der Waals surface area contributed by atoms with Gasteiger partial charge in [-0.1, -0.05) is 0 Å². The minimum absolute atomic E-state index is 0.260. The molecule has 18 heavy (non-hydrogen) atoms. The average Bonchev–Trinajstić information content (AvgIpc) is 2.54. The van der Waals surface area contributed by atoms with Gasteiger partial charge < -0.3 is 5.11 Å². The third-order valence-electron chi connectivity index (χ3n) is 2.80. The Labute approximate surface area is 109 Å². The monoisotopic (exact) mass is 263 g/mol. The van der Waals surface area contributed by atoms with E-state index in [1.54, 1.807) is 32.1 Å². The molecule has 2 amide bonds. The van der Waals surface area contributed by atoms with Crippen LogP contribution in [0.15, 0.2) is 17.0 Å². The minimum Gasteiger partial charge on any atom is -0.507 e. The van der Waals surface area contributed by atoms with Gasteiger partial charge in [-0.3, -0.25) is 14.5 Å². The normalized spacial score (nSPS) is 17.9. The molecule has 0 atom stereocenters. The molecule has 0 spiro atoms. The summed E-state index contributed by atoms with van der Waals surface area (Å²) >= 11 is 0.929. The van der Waals surface area contributed by atoms with Gasteiger partial charge in [0, 0.05) is 7.05 Å². The molecule has 1 heterocycles. The summed E-state index contributed by atoms with van der Waals surface area (Å²) in [5, 5.41) is 9.41. The Morgan fingerprint density at radius 3 is 2.22 bits per heavy atom. The van der Waals surface area contributed by atoms with E-state index in [1.807, 2.05) is 0 Å². The van der Waals surface area contributed by atoms with E-state index in [-0.39, 0.29) is 16.9 Å². The first-order valence-corrected chi connectivity index (χ1v) is 6.23.